The fourth-order valence-electron chi connectivity index (χ4n) is 1.09. The molecule has 2 rings (SSSR count). The summed E-state index contributed by atoms with van der Waals surface area (Å²) in [6.45, 7) is 5.84. The predicted molar refractivity (Wildman–Crippen MR) is 70.3 cm³/mol. The summed E-state index contributed by atoms with van der Waals surface area (Å²) in [5.74, 6) is 0. The van der Waals surface area contributed by atoms with E-state index in [4.69, 9.17) is 0 Å². The van der Waals surface area contributed by atoms with E-state index in [9.17, 15) is 4.79 Å². The molecule has 0 amide bonds. The van der Waals surface area contributed by atoms with E-state index < -0.39 is 0 Å². The number of H-pyrrole nitrogens is 1. The summed E-state index contributed by atoms with van der Waals surface area (Å²) in [5.41, 5.74) is 2.67. The van der Waals surface area contributed by atoms with E-state index in [2.05, 4.69) is 20.3 Å². The molecule has 0 fully saturated rings. The maximum absolute atomic E-state index is 10.5. The second kappa shape index (κ2) is 8.41. The highest BCUT2D eigenvalue weighted by atomic mass is 16.1. The van der Waals surface area contributed by atoms with Crippen molar-refractivity contribution in [2.45, 2.75) is 20.8 Å². The first kappa shape index (κ1) is 15.2. The molecular weight excluding hydrogens is 216 g/mol. The third-order valence-electron chi connectivity index (χ3n) is 1.66. The highest BCUT2D eigenvalue weighted by Crippen LogP contribution is 2.11. The fourth-order valence-corrected chi connectivity index (χ4v) is 1.09. The van der Waals surface area contributed by atoms with Crippen molar-refractivity contribution in [2.24, 2.45) is 0 Å². The van der Waals surface area contributed by atoms with Crippen molar-refractivity contribution in [3.8, 4) is 0 Å². The van der Waals surface area contributed by atoms with Crippen molar-refractivity contribution >= 4 is 17.5 Å². The molecule has 5 nitrogen and oxygen atoms in total. The smallest absolute Gasteiger partial charge is 0.156 e. The van der Waals surface area contributed by atoms with Gasteiger partial charge >= 0.3 is 0 Å². The Hall–Kier alpha value is -1.75. The number of nitrogens with one attached hydrogen (secondary N) is 2. The van der Waals surface area contributed by atoms with Crippen LogP contribution in [0.3, 0.4) is 0 Å². The van der Waals surface area contributed by atoms with Gasteiger partial charge in [0, 0.05) is 6.20 Å². The van der Waals surface area contributed by atoms with Crippen molar-refractivity contribution in [3.63, 3.8) is 0 Å². The van der Waals surface area contributed by atoms with E-state index in [0.29, 0.717) is 16.7 Å². The summed E-state index contributed by atoms with van der Waals surface area (Å²) in [4.78, 5) is 21.6. The lowest BCUT2D eigenvalue weighted by Crippen LogP contribution is -1.89. The van der Waals surface area contributed by atoms with Crippen molar-refractivity contribution in [1.29, 1.82) is 0 Å². The van der Waals surface area contributed by atoms with Crippen molar-refractivity contribution in [1.82, 2.24) is 20.3 Å². The van der Waals surface area contributed by atoms with Gasteiger partial charge in [0.05, 0.1) is 17.5 Å². The number of carbonyl (C=O) groups is 1. The summed E-state index contributed by atoms with van der Waals surface area (Å²) in [6.07, 6.45) is 4.04. The number of hydrogen-bond acceptors (Lipinski definition) is 4. The van der Waals surface area contributed by atoms with Crippen LogP contribution in [0.1, 0.15) is 29.9 Å². The number of aromatic nitrogens is 3. The van der Waals surface area contributed by atoms with Gasteiger partial charge in [0.2, 0.25) is 0 Å². The molecule has 17 heavy (non-hydrogen) atoms. The van der Waals surface area contributed by atoms with E-state index in [0.717, 1.165) is 12.0 Å². The van der Waals surface area contributed by atoms with Crippen LogP contribution in [-0.2, 0) is 0 Å². The molecule has 0 aliphatic carbocycles. The molecule has 94 valence electrons. The standard InChI is InChI=1S/C8H7N3O.C2H7N.C2H6/c1-5-2-9-8-7(11-5)6(4-12)3-10-8;1-3-2;1-2/h2-4H,1H3,(H,9,10);3H,1-2H3;1-2H3. The summed E-state index contributed by atoms with van der Waals surface area (Å²) in [7, 11) is 3.75. The Labute approximate surface area is 102 Å². The van der Waals surface area contributed by atoms with Crippen LogP contribution in [0.25, 0.3) is 11.2 Å². The SMILES string of the molecule is CC.CNC.Cc1cnc2[nH]cc(C=O)c2n1. The number of fused-ring (bicyclic) bond motifs is 1. The lowest BCUT2D eigenvalue weighted by atomic mass is 10.3. The molecule has 0 aliphatic heterocycles. The van der Waals surface area contributed by atoms with Gasteiger partial charge in [0.1, 0.15) is 5.52 Å². The number of aromatic amines is 1. The van der Waals surface area contributed by atoms with E-state index in [-0.39, 0.29) is 0 Å². The zero-order chi connectivity index (χ0) is 13.3. The molecule has 0 radical (unpaired) electrons. The van der Waals surface area contributed by atoms with Crippen molar-refractivity contribution in [2.75, 3.05) is 14.1 Å². The van der Waals surface area contributed by atoms with Crippen LogP contribution in [0.2, 0.25) is 0 Å². The van der Waals surface area contributed by atoms with Crippen LogP contribution >= 0.6 is 0 Å². The van der Waals surface area contributed by atoms with E-state index >= 15 is 0 Å². The van der Waals surface area contributed by atoms with Gasteiger partial charge in [-0.3, -0.25) is 4.79 Å². The number of rotatable bonds is 1. The summed E-state index contributed by atoms with van der Waals surface area (Å²) in [6, 6.07) is 0. The van der Waals surface area contributed by atoms with Gasteiger partial charge in [-0.15, -0.1) is 0 Å². The first-order chi connectivity index (χ1) is 8.22. The topological polar surface area (TPSA) is 70.7 Å². The fraction of sp³-hybridized carbons (Fsp3) is 0.417. The van der Waals surface area contributed by atoms with Crippen molar-refractivity contribution < 1.29 is 4.79 Å². The number of aryl methyl sites for hydroxylation is 1. The minimum atomic E-state index is 0.557. The number of nitrogens with zero attached hydrogens (tertiary/aromatic N) is 2. The molecule has 0 bridgehead atoms. The second-order valence-electron chi connectivity index (χ2n) is 3.07. The lowest BCUT2D eigenvalue weighted by molar-refractivity contribution is 0.112. The highest BCUT2D eigenvalue weighted by Gasteiger charge is 2.04. The molecule has 0 aliphatic rings. The largest absolute Gasteiger partial charge is 0.344 e. The molecule has 5 heteroatoms. The van der Waals surface area contributed by atoms with Crippen LogP contribution in [0.5, 0.6) is 0 Å². The molecular formula is C12H20N4O. The molecule has 2 heterocycles. The van der Waals surface area contributed by atoms with E-state index in [1.807, 2.05) is 34.9 Å². The zero-order valence-electron chi connectivity index (χ0n) is 11.0. The first-order valence-corrected chi connectivity index (χ1v) is 5.57. The van der Waals surface area contributed by atoms with Crippen molar-refractivity contribution in [3.05, 3.63) is 23.7 Å². The van der Waals surface area contributed by atoms with Gasteiger partial charge in [0.25, 0.3) is 0 Å². The second-order valence-corrected chi connectivity index (χ2v) is 3.07. The number of aldehydes is 1. The van der Waals surface area contributed by atoms with Gasteiger partial charge < -0.3 is 10.3 Å². The quantitative estimate of drug-likeness (QED) is 0.742. The summed E-state index contributed by atoms with van der Waals surface area (Å²) < 4.78 is 0. The minimum Gasteiger partial charge on any atom is -0.344 e. The first-order valence-electron chi connectivity index (χ1n) is 5.57. The van der Waals surface area contributed by atoms with Gasteiger partial charge in [0.15, 0.2) is 11.9 Å². The van der Waals surface area contributed by atoms with Gasteiger partial charge in [-0.2, -0.15) is 0 Å². The molecule has 2 aromatic heterocycles. The average molecular weight is 236 g/mol. The zero-order valence-corrected chi connectivity index (χ0v) is 11.0. The Morgan fingerprint density at radius 3 is 2.47 bits per heavy atom. The summed E-state index contributed by atoms with van der Waals surface area (Å²) >= 11 is 0. The molecule has 0 aromatic carbocycles. The predicted octanol–water partition coefficient (Wildman–Crippen LogP) is 1.94. The molecule has 0 saturated carbocycles. The van der Waals surface area contributed by atoms with E-state index in [1.54, 1.807) is 12.4 Å². The Kier molecular flexibility index (Phi) is 7.54. The van der Waals surface area contributed by atoms with Gasteiger partial charge in [-0.05, 0) is 21.0 Å². The Morgan fingerprint density at radius 2 is 1.94 bits per heavy atom. The molecule has 0 spiro atoms. The molecule has 2 aromatic rings. The third kappa shape index (κ3) is 4.32. The van der Waals surface area contributed by atoms with Crippen LogP contribution in [0.15, 0.2) is 12.4 Å². The third-order valence-corrected chi connectivity index (χ3v) is 1.66. The van der Waals surface area contributed by atoms with Gasteiger partial charge in [-0.1, -0.05) is 13.8 Å². The maximum Gasteiger partial charge on any atom is 0.156 e. The Bertz CT molecular complexity index is 451. The van der Waals surface area contributed by atoms with Crippen LogP contribution < -0.4 is 5.32 Å². The summed E-state index contributed by atoms with van der Waals surface area (Å²) in [5, 5.41) is 2.75. The number of carbonyl (C=O) groups excluding carboxylic acids is 1. The van der Waals surface area contributed by atoms with Crippen LogP contribution in [0, 0.1) is 6.92 Å². The van der Waals surface area contributed by atoms with Gasteiger partial charge in [-0.25, -0.2) is 9.97 Å². The monoisotopic (exact) mass is 236 g/mol. The normalized spacial score (nSPS) is 8.76. The lowest BCUT2D eigenvalue weighted by Gasteiger charge is -1.90. The molecule has 0 atom stereocenters. The Balaban J connectivity index is 0.000000450. The molecule has 2 N–H and O–H groups in total. The highest BCUT2D eigenvalue weighted by molar-refractivity contribution is 5.92. The number of hydrogen-bond donors (Lipinski definition) is 2. The maximum atomic E-state index is 10.5. The Morgan fingerprint density at radius 1 is 1.35 bits per heavy atom. The molecule has 0 unspecified atom stereocenters. The van der Waals surface area contributed by atoms with Crippen LogP contribution in [0.4, 0.5) is 0 Å². The van der Waals surface area contributed by atoms with Crippen LogP contribution in [-0.4, -0.2) is 35.3 Å². The molecule has 0 saturated heterocycles. The van der Waals surface area contributed by atoms with E-state index in [1.165, 1.54) is 0 Å². The average Bonchev–Trinajstić information content (AvgIpc) is 2.75. The minimum absolute atomic E-state index is 0.557.